The van der Waals surface area contributed by atoms with Crippen LogP contribution < -0.4 is 0 Å². The lowest BCUT2D eigenvalue weighted by molar-refractivity contribution is 0.0450. The molecule has 0 aromatic carbocycles. The fourth-order valence-electron chi connectivity index (χ4n) is 1.55. The Morgan fingerprint density at radius 1 is 1.56 bits per heavy atom. The van der Waals surface area contributed by atoms with Gasteiger partial charge in [-0.2, -0.15) is 0 Å². The summed E-state index contributed by atoms with van der Waals surface area (Å²) in [5.41, 5.74) is 0.311. The number of alkyl halides is 1. The van der Waals surface area contributed by atoms with Gasteiger partial charge in [-0.25, -0.2) is 4.98 Å². The van der Waals surface area contributed by atoms with Gasteiger partial charge in [-0.05, 0) is 20.9 Å². The fourth-order valence-corrected chi connectivity index (χ4v) is 2.57. The molecule has 0 spiro atoms. The van der Waals surface area contributed by atoms with E-state index in [-0.39, 0.29) is 0 Å². The van der Waals surface area contributed by atoms with Crippen molar-refractivity contribution in [1.82, 2.24) is 9.88 Å². The van der Waals surface area contributed by atoms with E-state index in [9.17, 15) is 5.11 Å². The molecule has 0 fully saturated rings. The summed E-state index contributed by atoms with van der Waals surface area (Å²) in [7, 11) is 2.01. The van der Waals surface area contributed by atoms with Crippen molar-refractivity contribution in [1.29, 1.82) is 0 Å². The van der Waals surface area contributed by atoms with Gasteiger partial charge in [-0.3, -0.25) is 0 Å². The minimum Gasteiger partial charge on any atom is -0.389 e. The minimum atomic E-state index is -0.640. The van der Waals surface area contributed by atoms with Gasteiger partial charge in [0, 0.05) is 24.9 Å². The van der Waals surface area contributed by atoms with Crippen molar-refractivity contribution in [2.45, 2.75) is 31.7 Å². The molecule has 1 rings (SSSR count). The van der Waals surface area contributed by atoms with Crippen molar-refractivity contribution in [3.05, 3.63) is 16.1 Å². The molecule has 0 aliphatic carbocycles. The summed E-state index contributed by atoms with van der Waals surface area (Å²) in [5.74, 6) is 0.482. The highest BCUT2D eigenvalue weighted by atomic mass is 35.5. The molecule has 0 bridgehead atoms. The van der Waals surface area contributed by atoms with E-state index < -0.39 is 5.60 Å². The SMILES string of the molecule is CN(CCc1nc(CCl)cs1)CC(C)(C)O. The second-order valence-electron chi connectivity index (χ2n) is 4.67. The van der Waals surface area contributed by atoms with Crippen molar-refractivity contribution in [2.75, 3.05) is 20.1 Å². The molecule has 1 aromatic heterocycles. The normalized spacial score (nSPS) is 12.4. The highest BCUT2D eigenvalue weighted by molar-refractivity contribution is 7.09. The van der Waals surface area contributed by atoms with Crippen LogP contribution in [0.3, 0.4) is 0 Å². The number of nitrogens with zero attached hydrogens (tertiary/aromatic N) is 2. The number of aromatic nitrogens is 1. The highest BCUT2D eigenvalue weighted by Gasteiger charge is 2.15. The van der Waals surface area contributed by atoms with E-state index >= 15 is 0 Å². The Hall–Kier alpha value is -0.160. The summed E-state index contributed by atoms with van der Waals surface area (Å²) in [5, 5.41) is 12.8. The Labute approximate surface area is 106 Å². The number of rotatable bonds is 6. The molecule has 16 heavy (non-hydrogen) atoms. The lowest BCUT2D eigenvalue weighted by atomic mass is 10.1. The van der Waals surface area contributed by atoms with Gasteiger partial charge in [0.1, 0.15) is 0 Å². The quantitative estimate of drug-likeness (QED) is 0.798. The van der Waals surface area contributed by atoms with Crippen LogP contribution in [0.1, 0.15) is 24.5 Å². The van der Waals surface area contributed by atoms with Crippen molar-refractivity contribution in [2.24, 2.45) is 0 Å². The number of aliphatic hydroxyl groups is 1. The predicted octanol–water partition coefficient (Wildman–Crippen LogP) is 2.13. The molecular formula is C11H19ClN2OS. The maximum Gasteiger partial charge on any atom is 0.0941 e. The number of hydrogen-bond donors (Lipinski definition) is 1. The monoisotopic (exact) mass is 262 g/mol. The number of halogens is 1. The van der Waals surface area contributed by atoms with E-state index in [1.54, 1.807) is 11.3 Å². The van der Waals surface area contributed by atoms with Crippen LogP contribution in [0.4, 0.5) is 0 Å². The second-order valence-corrected chi connectivity index (χ2v) is 5.88. The third-order valence-electron chi connectivity index (χ3n) is 2.10. The Morgan fingerprint density at radius 3 is 2.75 bits per heavy atom. The summed E-state index contributed by atoms with van der Waals surface area (Å²) in [6.45, 7) is 5.21. The summed E-state index contributed by atoms with van der Waals surface area (Å²) >= 11 is 7.34. The van der Waals surface area contributed by atoms with Crippen LogP contribution in [-0.2, 0) is 12.3 Å². The molecule has 0 amide bonds. The Balaban J connectivity index is 2.34. The molecule has 0 saturated carbocycles. The van der Waals surface area contributed by atoms with Crippen molar-refractivity contribution in [3.63, 3.8) is 0 Å². The first-order valence-corrected chi connectivity index (χ1v) is 6.72. The van der Waals surface area contributed by atoms with Gasteiger partial charge in [0.15, 0.2) is 0 Å². The zero-order valence-corrected chi connectivity index (χ0v) is 11.6. The molecule has 0 aliphatic rings. The van der Waals surface area contributed by atoms with Crippen LogP contribution in [0.2, 0.25) is 0 Å². The van der Waals surface area contributed by atoms with Crippen LogP contribution in [-0.4, -0.2) is 40.7 Å². The molecule has 1 N–H and O–H groups in total. The molecular weight excluding hydrogens is 244 g/mol. The van der Waals surface area contributed by atoms with Crippen LogP contribution in [0.15, 0.2) is 5.38 Å². The zero-order valence-electron chi connectivity index (χ0n) is 10.0. The summed E-state index contributed by atoms with van der Waals surface area (Å²) in [4.78, 5) is 6.51. The summed E-state index contributed by atoms with van der Waals surface area (Å²) < 4.78 is 0. The van der Waals surface area contributed by atoms with E-state index in [0.717, 1.165) is 23.7 Å². The van der Waals surface area contributed by atoms with Gasteiger partial charge in [-0.1, -0.05) is 0 Å². The first kappa shape index (κ1) is 13.9. The van der Waals surface area contributed by atoms with Crippen LogP contribution in [0.5, 0.6) is 0 Å². The van der Waals surface area contributed by atoms with Gasteiger partial charge in [-0.15, -0.1) is 22.9 Å². The predicted molar refractivity (Wildman–Crippen MR) is 69.2 cm³/mol. The second kappa shape index (κ2) is 5.96. The van der Waals surface area contributed by atoms with Crippen LogP contribution in [0.25, 0.3) is 0 Å². The van der Waals surface area contributed by atoms with E-state index in [1.807, 2.05) is 26.3 Å². The van der Waals surface area contributed by atoms with Gasteiger partial charge in [0.25, 0.3) is 0 Å². The molecule has 1 aromatic rings. The van der Waals surface area contributed by atoms with Crippen molar-refractivity contribution < 1.29 is 5.11 Å². The van der Waals surface area contributed by atoms with Gasteiger partial charge >= 0.3 is 0 Å². The molecule has 0 atom stereocenters. The van der Waals surface area contributed by atoms with Crippen LogP contribution in [0, 0.1) is 0 Å². The zero-order chi connectivity index (χ0) is 12.2. The summed E-state index contributed by atoms with van der Waals surface area (Å²) in [6.07, 6.45) is 0.911. The number of likely N-dealkylation sites (N-methyl/N-ethyl adjacent to an activating group) is 1. The molecule has 1 heterocycles. The number of hydrogen-bond acceptors (Lipinski definition) is 4. The molecule has 0 aliphatic heterocycles. The molecule has 0 saturated heterocycles. The minimum absolute atomic E-state index is 0.482. The maximum atomic E-state index is 9.66. The van der Waals surface area contributed by atoms with E-state index in [0.29, 0.717) is 12.4 Å². The average molecular weight is 263 g/mol. The van der Waals surface area contributed by atoms with E-state index in [2.05, 4.69) is 9.88 Å². The smallest absolute Gasteiger partial charge is 0.0941 e. The molecule has 5 heteroatoms. The molecule has 0 radical (unpaired) electrons. The lowest BCUT2D eigenvalue weighted by Gasteiger charge is -2.24. The Bertz CT molecular complexity index is 322. The average Bonchev–Trinajstić information content (AvgIpc) is 2.59. The standard InChI is InChI=1S/C11H19ClN2OS/c1-11(2,15)8-14(3)5-4-10-13-9(6-12)7-16-10/h7,15H,4-6,8H2,1-3H3. The topological polar surface area (TPSA) is 36.4 Å². The number of thiazole rings is 1. The van der Waals surface area contributed by atoms with Gasteiger partial charge in [0.2, 0.25) is 0 Å². The van der Waals surface area contributed by atoms with E-state index in [4.69, 9.17) is 11.6 Å². The maximum absolute atomic E-state index is 9.66. The molecule has 3 nitrogen and oxygen atoms in total. The Morgan fingerprint density at radius 2 is 2.25 bits per heavy atom. The highest BCUT2D eigenvalue weighted by Crippen LogP contribution is 2.13. The van der Waals surface area contributed by atoms with Gasteiger partial charge < -0.3 is 10.0 Å². The molecule has 0 unspecified atom stereocenters. The third kappa shape index (κ3) is 5.25. The van der Waals surface area contributed by atoms with Crippen molar-refractivity contribution >= 4 is 22.9 Å². The fraction of sp³-hybridized carbons (Fsp3) is 0.727. The third-order valence-corrected chi connectivity index (χ3v) is 3.33. The first-order chi connectivity index (χ1) is 7.40. The van der Waals surface area contributed by atoms with Gasteiger partial charge in [0.05, 0.1) is 22.2 Å². The Kier molecular flexibility index (Phi) is 5.18. The lowest BCUT2D eigenvalue weighted by Crippen LogP contribution is -2.37. The van der Waals surface area contributed by atoms with Crippen molar-refractivity contribution in [3.8, 4) is 0 Å². The summed E-state index contributed by atoms with van der Waals surface area (Å²) in [6, 6.07) is 0. The molecule has 92 valence electrons. The largest absolute Gasteiger partial charge is 0.389 e. The van der Waals surface area contributed by atoms with E-state index in [1.165, 1.54) is 0 Å². The first-order valence-electron chi connectivity index (χ1n) is 5.31. The van der Waals surface area contributed by atoms with Crippen LogP contribution >= 0.6 is 22.9 Å².